The highest BCUT2D eigenvalue weighted by Gasteiger charge is 2.09. The molecule has 0 saturated carbocycles. The number of aromatic nitrogens is 1. The molecule has 7 nitrogen and oxygen atoms in total. The fourth-order valence-corrected chi connectivity index (χ4v) is 3.24. The maximum absolute atomic E-state index is 10.9. The minimum Gasteiger partial charge on any atom is -0.455 e. The lowest BCUT2D eigenvalue weighted by Crippen LogP contribution is -1.88. The standard InChI is InChI=1S/C18H12N4O3S/c23-22(24)13-5-3-4-12(10-13)16-9-8-14(25-16)11-19-21-18-20-15-6-1-2-7-17(15)26-18/h1-11H,(H,20,21)/b19-11-. The van der Waals surface area contributed by atoms with Gasteiger partial charge in [-0.2, -0.15) is 5.10 Å². The van der Waals surface area contributed by atoms with Crippen molar-refractivity contribution in [1.82, 2.24) is 4.98 Å². The second-order valence-electron chi connectivity index (χ2n) is 5.37. The molecule has 128 valence electrons. The Morgan fingerprint density at radius 1 is 1.15 bits per heavy atom. The van der Waals surface area contributed by atoms with Crippen molar-refractivity contribution in [3.8, 4) is 11.3 Å². The summed E-state index contributed by atoms with van der Waals surface area (Å²) in [5.41, 5.74) is 4.46. The number of anilines is 1. The van der Waals surface area contributed by atoms with E-state index in [1.807, 2.05) is 24.3 Å². The largest absolute Gasteiger partial charge is 0.455 e. The zero-order valence-corrected chi connectivity index (χ0v) is 14.1. The van der Waals surface area contributed by atoms with Crippen molar-refractivity contribution in [2.24, 2.45) is 5.10 Å². The van der Waals surface area contributed by atoms with Crippen LogP contribution in [0.5, 0.6) is 0 Å². The molecule has 0 fully saturated rings. The van der Waals surface area contributed by atoms with E-state index in [9.17, 15) is 10.1 Å². The van der Waals surface area contributed by atoms with E-state index in [0.717, 1.165) is 10.2 Å². The number of nitrogens with one attached hydrogen (secondary N) is 1. The number of fused-ring (bicyclic) bond motifs is 1. The van der Waals surface area contributed by atoms with E-state index in [4.69, 9.17) is 4.42 Å². The summed E-state index contributed by atoms with van der Waals surface area (Å²) in [7, 11) is 0. The van der Waals surface area contributed by atoms with Gasteiger partial charge < -0.3 is 4.42 Å². The molecular formula is C18H12N4O3S. The van der Waals surface area contributed by atoms with E-state index in [1.54, 1.807) is 24.3 Å². The Bertz CT molecular complexity index is 1080. The number of para-hydroxylation sites is 1. The second-order valence-corrected chi connectivity index (χ2v) is 6.40. The number of rotatable bonds is 5. The summed E-state index contributed by atoms with van der Waals surface area (Å²) in [4.78, 5) is 14.9. The Hall–Kier alpha value is -3.52. The fraction of sp³-hybridized carbons (Fsp3) is 0. The van der Waals surface area contributed by atoms with Gasteiger partial charge in [-0.15, -0.1) is 0 Å². The summed E-state index contributed by atoms with van der Waals surface area (Å²) in [6, 6.07) is 17.6. The van der Waals surface area contributed by atoms with Gasteiger partial charge in [0.25, 0.3) is 5.69 Å². The van der Waals surface area contributed by atoms with Gasteiger partial charge in [-0.1, -0.05) is 35.6 Å². The average molecular weight is 364 g/mol. The van der Waals surface area contributed by atoms with Crippen LogP contribution in [0.2, 0.25) is 0 Å². The van der Waals surface area contributed by atoms with Crippen molar-refractivity contribution in [3.63, 3.8) is 0 Å². The first-order chi connectivity index (χ1) is 12.7. The Balaban J connectivity index is 1.48. The SMILES string of the molecule is O=[N+]([O-])c1cccc(-c2ccc(/C=N\Nc3nc4ccccc4s3)o2)c1. The zero-order chi connectivity index (χ0) is 17.9. The van der Waals surface area contributed by atoms with Crippen molar-refractivity contribution in [1.29, 1.82) is 0 Å². The molecule has 4 rings (SSSR count). The molecule has 4 aromatic rings. The summed E-state index contributed by atoms with van der Waals surface area (Å²) in [6.45, 7) is 0. The van der Waals surface area contributed by atoms with Crippen LogP contribution in [-0.2, 0) is 0 Å². The number of thiazole rings is 1. The van der Waals surface area contributed by atoms with Gasteiger partial charge in [0.2, 0.25) is 5.13 Å². The predicted molar refractivity (Wildman–Crippen MR) is 102 cm³/mol. The Morgan fingerprint density at radius 2 is 2.04 bits per heavy atom. The molecule has 2 aromatic carbocycles. The molecule has 0 aliphatic rings. The summed E-state index contributed by atoms with van der Waals surface area (Å²) < 4.78 is 6.75. The number of nitro benzene ring substituents is 1. The Morgan fingerprint density at radius 3 is 2.88 bits per heavy atom. The molecule has 8 heteroatoms. The number of nitrogens with zero attached hydrogens (tertiary/aromatic N) is 3. The van der Waals surface area contributed by atoms with Crippen LogP contribution in [0.4, 0.5) is 10.8 Å². The van der Waals surface area contributed by atoms with Gasteiger partial charge in [0.1, 0.15) is 11.5 Å². The highest BCUT2D eigenvalue weighted by molar-refractivity contribution is 7.22. The van der Waals surface area contributed by atoms with E-state index in [1.165, 1.54) is 29.7 Å². The molecule has 26 heavy (non-hydrogen) atoms. The number of hydrogen-bond donors (Lipinski definition) is 1. The first-order valence-corrected chi connectivity index (χ1v) is 8.50. The summed E-state index contributed by atoms with van der Waals surface area (Å²) in [6.07, 6.45) is 1.53. The normalized spacial score (nSPS) is 11.2. The molecule has 0 unspecified atom stereocenters. The second kappa shape index (κ2) is 6.77. The molecule has 1 N–H and O–H groups in total. The van der Waals surface area contributed by atoms with E-state index in [2.05, 4.69) is 15.5 Å². The van der Waals surface area contributed by atoms with Crippen LogP contribution in [0.3, 0.4) is 0 Å². The fourth-order valence-electron chi connectivity index (χ4n) is 2.42. The van der Waals surface area contributed by atoms with Crippen LogP contribution >= 0.6 is 11.3 Å². The Kier molecular flexibility index (Phi) is 4.16. The lowest BCUT2D eigenvalue weighted by molar-refractivity contribution is -0.384. The van der Waals surface area contributed by atoms with Crippen molar-refractivity contribution in [2.75, 3.05) is 5.43 Å². The molecule has 0 saturated heterocycles. The topological polar surface area (TPSA) is 93.6 Å². The van der Waals surface area contributed by atoms with Gasteiger partial charge in [0.05, 0.1) is 21.4 Å². The lowest BCUT2D eigenvalue weighted by atomic mass is 10.1. The highest BCUT2D eigenvalue weighted by Crippen LogP contribution is 2.26. The van der Waals surface area contributed by atoms with Crippen LogP contribution in [-0.4, -0.2) is 16.1 Å². The molecule has 2 aromatic heterocycles. The monoisotopic (exact) mass is 364 g/mol. The maximum Gasteiger partial charge on any atom is 0.270 e. The van der Waals surface area contributed by atoms with Crippen LogP contribution in [0.25, 0.3) is 21.5 Å². The number of benzene rings is 2. The summed E-state index contributed by atoms with van der Waals surface area (Å²) >= 11 is 1.51. The van der Waals surface area contributed by atoms with Crippen LogP contribution in [0.1, 0.15) is 5.76 Å². The lowest BCUT2D eigenvalue weighted by Gasteiger charge is -1.96. The van der Waals surface area contributed by atoms with Gasteiger partial charge in [0, 0.05) is 17.7 Å². The molecule has 0 spiro atoms. The quantitative estimate of drug-likeness (QED) is 0.308. The van der Waals surface area contributed by atoms with Crippen molar-refractivity contribution >= 4 is 38.6 Å². The van der Waals surface area contributed by atoms with Gasteiger partial charge in [0.15, 0.2) is 0 Å². The Labute approximate surface area is 151 Å². The summed E-state index contributed by atoms with van der Waals surface area (Å²) in [5, 5.41) is 15.7. The van der Waals surface area contributed by atoms with Gasteiger partial charge >= 0.3 is 0 Å². The maximum atomic E-state index is 10.9. The molecule has 0 radical (unpaired) electrons. The van der Waals surface area contributed by atoms with Crippen LogP contribution in [0.15, 0.2) is 70.2 Å². The van der Waals surface area contributed by atoms with Crippen LogP contribution < -0.4 is 5.43 Å². The van der Waals surface area contributed by atoms with Gasteiger partial charge in [-0.25, -0.2) is 4.98 Å². The highest BCUT2D eigenvalue weighted by atomic mass is 32.1. The smallest absolute Gasteiger partial charge is 0.270 e. The zero-order valence-electron chi connectivity index (χ0n) is 13.3. The van der Waals surface area contributed by atoms with E-state index in [-0.39, 0.29) is 5.69 Å². The number of nitro groups is 1. The van der Waals surface area contributed by atoms with Gasteiger partial charge in [-0.3, -0.25) is 15.5 Å². The minimum absolute atomic E-state index is 0.0200. The molecule has 0 aliphatic carbocycles. The molecule has 0 atom stereocenters. The first kappa shape index (κ1) is 16.0. The molecular weight excluding hydrogens is 352 g/mol. The third kappa shape index (κ3) is 3.31. The third-order valence-electron chi connectivity index (χ3n) is 3.61. The van der Waals surface area contributed by atoms with E-state index < -0.39 is 4.92 Å². The van der Waals surface area contributed by atoms with Crippen LogP contribution in [0, 0.1) is 10.1 Å². The first-order valence-electron chi connectivity index (χ1n) is 7.68. The number of non-ortho nitro benzene ring substituents is 1. The van der Waals surface area contributed by atoms with Gasteiger partial charge in [-0.05, 0) is 24.3 Å². The minimum atomic E-state index is -0.434. The molecule has 0 bridgehead atoms. The average Bonchev–Trinajstić information content (AvgIpc) is 3.28. The number of hydrazone groups is 1. The molecule has 2 heterocycles. The molecule has 0 aliphatic heterocycles. The van der Waals surface area contributed by atoms with Crippen molar-refractivity contribution in [3.05, 3.63) is 76.5 Å². The third-order valence-corrected chi connectivity index (χ3v) is 4.56. The van der Waals surface area contributed by atoms with Crippen molar-refractivity contribution in [2.45, 2.75) is 0 Å². The van der Waals surface area contributed by atoms with E-state index >= 15 is 0 Å². The predicted octanol–water partition coefficient (Wildman–Crippen LogP) is 4.91. The molecule has 0 amide bonds. The van der Waals surface area contributed by atoms with E-state index in [0.29, 0.717) is 22.2 Å². The number of hydrogen-bond acceptors (Lipinski definition) is 7. The summed E-state index contributed by atoms with van der Waals surface area (Å²) in [5.74, 6) is 1.07. The van der Waals surface area contributed by atoms with Crippen molar-refractivity contribution < 1.29 is 9.34 Å². The number of furan rings is 1.